The summed E-state index contributed by atoms with van der Waals surface area (Å²) >= 11 is 0. The molecular formula is C16H19F3N2O3. The van der Waals surface area contributed by atoms with E-state index in [1.807, 2.05) is 0 Å². The van der Waals surface area contributed by atoms with Gasteiger partial charge in [0.05, 0.1) is 0 Å². The van der Waals surface area contributed by atoms with Gasteiger partial charge in [0, 0.05) is 30.3 Å². The van der Waals surface area contributed by atoms with Gasteiger partial charge in [0.15, 0.2) is 0 Å². The number of hydrogen-bond acceptors (Lipinski definition) is 3. The molecule has 1 saturated carbocycles. The highest BCUT2D eigenvalue weighted by Crippen LogP contribution is 2.30. The number of rotatable bonds is 8. The van der Waals surface area contributed by atoms with Crippen LogP contribution in [0, 0.1) is 5.92 Å². The van der Waals surface area contributed by atoms with Crippen LogP contribution in [-0.4, -0.2) is 37.7 Å². The number of halogens is 3. The summed E-state index contributed by atoms with van der Waals surface area (Å²) in [5.74, 6) is -0.232. The zero-order valence-electron chi connectivity index (χ0n) is 13.0. The topological polar surface area (TPSA) is 67.4 Å². The van der Waals surface area contributed by atoms with Gasteiger partial charge in [0.25, 0.3) is 5.91 Å². The van der Waals surface area contributed by atoms with E-state index >= 15 is 0 Å². The molecule has 1 aliphatic rings. The quantitative estimate of drug-likeness (QED) is 0.713. The Morgan fingerprint density at radius 2 is 1.83 bits per heavy atom. The van der Waals surface area contributed by atoms with Gasteiger partial charge in [-0.05, 0) is 43.5 Å². The van der Waals surface area contributed by atoms with Crippen molar-refractivity contribution in [2.24, 2.45) is 5.92 Å². The molecule has 0 saturated heterocycles. The van der Waals surface area contributed by atoms with E-state index in [4.69, 9.17) is 0 Å². The van der Waals surface area contributed by atoms with Gasteiger partial charge in [0.2, 0.25) is 5.91 Å². The third-order valence-corrected chi connectivity index (χ3v) is 3.38. The van der Waals surface area contributed by atoms with Crippen molar-refractivity contribution in [1.29, 1.82) is 0 Å². The minimum atomic E-state index is -4.33. The number of carbonyl (C=O) groups is 2. The Kier molecular flexibility index (Phi) is 6.19. The predicted molar refractivity (Wildman–Crippen MR) is 81.6 cm³/mol. The van der Waals surface area contributed by atoms with Gasteiger partial charge in [0.1, 0.15) is 6.61 Å². The third kappa shape index (κ3) is 6.57. The van der Waals surface area contributed by atoms with Gasteiger partial charge in [-0.1, -0.05) is 0 Å². The zero-order valence-corrected chi connectivity index (χ0v) is 13.0. The summed E-state index contributed by atoms with van der Waals surface area (Å²) in [6.07, 6.45) is -2.21. The van der Waals surface area contributed by atoms with Crippen LogP contribution in [0.4, 0.5) is 18.9 Å². The smallest absolute Gasteiger partial charge is 0.372 e. The number of alkyl halides is 3. The van der Waals surface area contributed by atoms with Crippen LogP contribution in [0.15, 0.2) is 24.3 Å². The van der Waals surface area contributed by atoms with Crippen LogP contribution in [0.2, 0.25) is 0 Å². The first kappa shape index (κ1) is 18.3. The number of nitrogens with one attached hydrogen (secondary N) is 2. The molecular weight excluding hydrogens is 325 g/mol. The second kappa shape index (κ2) is 8.14. The summed E-state index contributed by atoms with van der Waals surface area (Å²) in [7, 11) is 0. The lowest BCUT2D eigenvalue weighted by Gasteiger charge is -2.09. The van der Waals surface area contributed by atoms with E-state index in [0.717, 1.165) is 12.8 Å². The van der Waals surface area contributed by atoms with E-state index in [1.54, 1.807) is 24.3 Å². The molecule has 2 rings (SSSR count). The molecule has 0 bridgehead atoms. The number of anilines is 1. The molecule has 5 nitrogen and oxygen atoms in total. The van der Waals surface area contributed by atoms with Crippen molar-refractivity contribution in [3.05, 3.63) is 29.8 Å². The molecule has 0 spiro atoms. The SMILES string of the molecule is O=C(NCCCOCC(F)(F)F)c1ccc(NC(=O)C2CC2)cc1. The molecule has 24 heavy (non-hydrogen) atoms. The maximum atomic E-state index is 11.9. The first-order chi connectivity index (χ1) is 11.3. The molecule has 0 aliphatic heterocycles. The van der Waals surface area contributed by atoms with Crippen molar-refractivity contribution < 1.29 is 27.5 Å². The van der Waals surface area contributed by atoms with Crippen molar-refractivity contribution >= 4 is 17.5 Å². The fourth-order valence-corrected chi connectivity index (χ4v) is 1.96. The van der Waals surface area contributed by atoms with Gasteiger partial charge in [-0.25, -0.2) is 0 Å². The molecule has 2 amide bonds. The minimum Gasteiger partial charge on any atom is -0.372 e. The van der Waals surface area contributed by atoms with Crippen LogP contribution in [0.25, 0.3) is 0 Å². The molecule has 1 aliphatic carbocycles. The highest BCUT2D eigenvalue weighted by Gasteiger charge is 2.29. The van der Waals surface area contributed by atoms with E-state index in [-0.39, 0.29) is 37.3 Å². The monoisotopic (exact) mass is 344 g/mol. The summed E-state index contributed by atoms with van der Waals surface area (Å²) in [5.41, 5.74) is 1.04. The summed E-state index contributed by atoms with van der Waals surface area (Å²) in [4.78, 5) is 23.5. The summed E-state index contributed by atoms with van der Waals surface area (Å²) in [6.45, 7) is -1.14. The van der Waals surface area contributed by atoms with Crippen LogP contribution in [0.5, 0.6) is 0 Å². The Morgan fingerprint density at radius 3 is 2.42 bits per heavy atom. The molecule has 0 unspecified atom stereocenters. The van der Waals surface area contributed by atoms with E-state index in [1.165, 1.54) is 0 Å². The molecule has 0 aromatic heterocycles. The molecule has 2 N–H and O–H groups in total. The Hall–Kier alpha value is -2.09. The highest BCUT2D eigenvalue weighted by atomic mass is 19.4. The highest BCUT2D eigenvalue weighted by molar-refractivity contribution is 5.96. The first-order valence-electron chi connectivity index (χ1n) is 7.69. The average molecular weight is 344 g/mol. The average Bonchev–Trinajstić information content (AvgIpc) is 3.35. The van der Waals surface area contributed by atoms with Gasteiger partial charge >= 0.3 is 6.18 Å². The van der Waals surface area contributed by atoms with Crippen LogP contribution in [0.3, 0.4) is 0 Å². The summed E-state index contributed by atoms with van der Waals surface area (Å²) < 4.78 is 40.0. The third-order valence-electron chi connectivity index (χ3n) is 3.38. The number of benzene rings is 1. The Morgan fingerprint density at radius 1 is 1.17 bits per heavy atom. The maximum Gasteiger partial charge on any atom is 0.411 e. The van der Waals surface area contributed by atoms with Crippen LogP contribution < -0.4 is 10.6 Å². The molecule has 1 aromatic rings. The second-order valence-corrected chi connectivity index (χ2v) is 5.62. The lowest BCUT2D eigenvalue weighted by molar-refractivity contribution is -0.173. The van der Waals surface area contributed by atoms with Crippen molar-refractivity contribution in [2.75, 3.05) is 25.1 Å². The molecule has 1 aromatic carbocycles. The Labute approximate surface area is 137 Å². The van der Waals surface area contributed by atoms with Crippen molar-refractivity contribution in [3.63, 3.8) is 0 Å². The molecule has 0 atom stereocenters. The van der Waals surface area contributed by atoms with Gasteiger partial charge in [-0.3, -0.25) is 9.59 Å². The van der Waals surface area contributed by atoms with E-state index in [0.29, 0.717) is 11.3 Å². The van der Waals surface area contributed by atoms with Crippen molar-refractivity contribution in [1.82, 2.24) is 5.32 Å². The van der Waals surface area contributed by atoms with Gasteiger partial charge in [-0.15, -0.1) is 0 Å². The Bertz CT molecular complexity index is 569. The molecule has 0 radical (unpaired) electrons. The van der Waals surface area contributed by atoms with Crippen molar-refractivity contribution in [3.8, 4) is 0 Å². The first-order valence-corrected chi connectivity index (χ1v) is 7.69. The Balaban J connectivity index is 1.65. The molecule has 132 valence electrons. The largest absolute Gasteiger partial charge is 0.411 e. The van der Waals surface area contributed by atoms with E-state index in [9.17, 15) is 22.8 Å². The maximum absolute atomic E-state index is 11.9. The fourth-order valence-electron chi connectivity index (χ4n) is 1.96. The van der Waals surface area contributed by atoms with Gasteiger partial charge in [-0.2, -0.15) is 13.2 Å². The minimum absolute atomic E-state index is 0.00828. The number of ether oxygens (including phenoxy) is 1. The molecule has 1 fully saturated rings. The van der Waals surface area contributed by atoms with Crippen LogP contribution in [0.1, 0.15) is 29.6 Å². The van der Waals surface area contributed by atoms with Crippen LogP contribution in [-0.2, 0) is 9.53 Å². The lowest BCUT2D eigenvalue weighted by atomic mass is 10.2. The predicted octanol–water partition coefficient (Wildman–Crippen LogP) is 2.73. The van der Waals surface area contributed by atoms with E-state index in [2.05, 4.69) is 15.4 Å². The zero-order chi connectivity index (χ0) is 17.6. The summed E-state index contributed by atoms with van der Waals surface area (Å²) in [5, 5.41) is 5.37. The molecule has 0 heterocycles. The van der Waals surface area contributed by atoms with Crippen LogP contribution >= 0.6 is 0 Å². The fraction of sp³-hybridized carbons (Fsp3) is 0.500. The standard InChI is InChI=1S/C16H19F3N2O3/c17-16(18,19)10-24-9-1-8-20-14(22)11-4-6-13(7-5-11)21-15(23)12-2-3-12/h4-7,12H,1-3,8-10H2,(H,20,22)(H,21,23). The second-order valence-electron chi connectivity index (χ2n) is 5.62. The normalized spacial score (nSPS) is 14.3. The number of carbonyl (C=O) groups excluding carboxylic acids is 2. The lowest BCUT2D eigenvalue weighted by Crippen LogP contribution is -2.26. The van der Waals surface area contributed by atoms with Crippen molar-refractivity contribution in [2.45, 2.75) is 25.4 Å². The van der Waals surface area contributed by atoms with Gasteiger partial charge < -0.3 is 15.4 Å². The summed E-state index contributed by atoms with van der Waals surface area (Å²) in [6, 6.07) is 6.44. The molecule has 8 heteroatoms. The number of hydrogen-bond donors (Lipinski definition) is 2. The van der Waals surface area contributed by atoms with E-state index < -0.39 is 12.8 Å². The number of amides is 2.